The monoisotopic (exact) mass is 361 g/mol. The highest BCUT2D eigenvalue weighted by atomic mass is 16.5. The topological polar surface area (TPSA) is 55.4 Å². The summed E-state index contributed by atoms with van der Waals surface area (Å²) in [4.78, 5) is 24.7. The Bertz CT molecular complexity index is 942. The minimum absolute atomic E-state index is 0.102. The summed E-state index contributed by atoms with van der Waals surface area (Å²) >= 11 is 0. The molecular weight excluding hydrogens is 338 g/mol. The van der Waals surface area contributed by atoms with Crippen LogP contribution in [0.5, 0.6) is 0 Å². The molecule has 1 N–H and O–H groups in total. The molecule has 27 heavy (non-hydrogen) atoms. The van der Waals surface area contributed by atoms with E-state index in [1.165, 1.54) is 5.56 Å². The summed E-state index contributed by atoms with van der Waals surface area (Å²) in [5.74, 6) is -0.804. The number of hydrogen-bond donors (Lipinski definition) is 1. The first kappa shape index (κ1) is 18.6. The number of aryl methyl sites for hydroxylation is 1. The first-order chi connectivity index (χ1) is 13.1. The third-order valence-electron chi connectivity index (χ3n) is 4.57. The molecule has 3 rings (SSSR count). The fourth-order valence-electron chi connectivity index (χ4n) is 3.07. The van der Waals surface area contributed by atoms with Gasteiger partial charge in [-0.05, 0) is 35.7 Å². The lowest BCUT2D eigenvalue weighted by atomic mass is 10.0. The van der Waals surface area contributed by atoms with Gasteiger partial charge in [-0.15, -0.1) is 0 Å². The molecule has 0 radical (unpaired) electrons. The van der Waals surface area contributed by atoms with Crippen molar-refractivity contribution >= 4 is 22.6 Å². The maximum atomic E-state index is 12.4. The molecule has 0 aliphatic rings. The number of hydrogen-bond acceptors (Lipinski definition) is 3. The Hall–Kier alpha value is -3.14. The van der Waals surface area contributed by atoms with Gasteiger partial charge >= 0.3 is 5.97 Å². The van der Waals surface area contributed by atoms with Crippen LogP contribution in [0.3, 0.4) is 0 Å². The van der Waals surface area contributed by atoms with Crippen LogP contribution < -0.4 is 5.32 Å². The van der Waals surface area contributed by atoms with Gasteiger partial charge in [0.1, 0.15) is 0 Å². The lowest BCUT2D eigenvalue weighted by molar-refractivity contribution is -0.125. The van der Waals surface area contributed by atoms with E-state index in [1.54, 1.807) is 6.07 Å². The molecular formula is C23H23NO3. The van der Waals surface area contributed by atoms with Crippen molar-refractivity contribution < 1.29 is 14.3 Å². The molecule has 0 unspecified atom stereocenters. The minimum atomic E-state index is -0.495. The van der Waals surface area contributed by atoms with E-state index in [4.69, 9.17) is 4.74 Å². The van der Waals surface area contributed by atoms with Crippen molar-refractivity contribution in [1.82, 2.24) is 5.32 Å². The number of esters is 1. The zero-order valence-corrected chi connectivity index (χ0v) is 15.6. The molecule has 0 aliphatic carbocycles. The second-order valence-electron chi connectivity index (χ2n) is 6.54. The fourth-order valence-corrected chi connectivity index (χ4v) is 3.07. The molecule has 0 fully saturated rings. The summed E-state index contributed by atoms with van der Waals surface area (Å²) < 4.78 is 5.25. The molecule has 3 aromatic rings. The fraction of sp³-hybridized carbons (Fsp3) is 0.217. The Morgan fingerprint density at radius 1 is 0.963 bits per heavy atom. The molecule has 0 saturated carbocycles. The van der Waals surface area contributed by atoms with Gasteiger partial charge in [0.05, 0.1) is 11.6 Å². The first-order valence-electron chi connectivity index (χ1n) is 9.09. The molecule has 4 nitrogen and oxygen atoms in total. The van der Waals surface area contributed by atoms with Gasteiger partial charge in [0, 0.05) is 0 Å². The summed E-state index contributed by atoms with van der Waals surface area (Å²) in [5.41, 5.74) is 2.67. The Balaban J connectivity index is 1.62. The van der Waals surface area contributed by atoms with Crippen LogP contribution >= 0.6 is 0 Å². The largest absolute Gasteiger partial charge is 0.452 e. The smallest absolute Gasteiger partial charge is 0.339 e. The number of carbonyl (C=O) groups excluding carboxylic acids is 2. The second kappa shape index (κ2) is 8.49. The van der Waals surface area contributed by atoms with Crippen LogP contribution in [0.4, 0.5) is 0 Å². The average molecular weight is 361 g/mol. The van der Waals surface area contributed by atoms with E-state index in [0.29, 0.717) is 5.56 Å². The van der Waals surface area contributed by atoms with E-state index in [1.807, 2.05) is 74.5 Å². The zero-order valence-electron chi connectivity index (χ0n) is 15.6. The molecule has 1 amide bonds. The van der Waals surface area contributed by atoms with Gasteiger partial charge in [0.2, 0.25) is 0 Å². The molecule has 0 aromatic heterocycles. The van der Waals surface area contributed by atoms with E-state index < -0.39 is 5.97 Å². The van der Waals surface area contributed by atoms with Crippen molar-refractivity contribution in [3.05, 3.63) is 83.4 Å². The van der Waals surface area contributed by atoms with E-state index in [0.717, 1.165) is 22.8 Å². The van der Waals surface area contributed by atoms with Crippen LogP contribution in [0.15, 0.2) is 66.7 Å². The van der Waals surface area contributed by atoms with Gasteiger partial charge in [-0.2, -0.15) is 0 Å². The van der Waals surface area contributed by atoms with Crippen molar-refractivity contribution in [3.63, 3.8) is 0 Å². The lowest BCUT2D eigenvalue weighted by Crippen LogP contribution is -2.32. The molecule has 1 atom stereocenters. The molecule has 0 saturated heterocycles. The number of benzene rings is 3. The van der Waals surface area contributed by atoms with E-state index in [9.17, 15) is 9.59 Å². The van der Waals surface area contributed by atoms with Crippen LogP contribution in [0.25, 0.3) is 10.8 Å². The maximum absolute atomic E-state index is 12.4. The number of rotatable bonds is 6. The molecule has 3 aromatic carbocycles. The zero-order chi connectivity index (χ0) is 19.2. The predicted octanol–water partition coefficient (Wildman–Crippen LogP) is 4.57. The van der Waals surface area contributed by atoms with Crippen LogP contribution in [-0.2, 0) is 9.53 Å². The quantitative estimate of drug-likeness (QED) is 0.654. The van der Waals surface area contributed by atoms with Crippen LogP contribution in [0.1, 0.15) is 40.9 Å². The van der Waals surface area contributed by atoms with Crippen molar-refractivity contribution in [3.8, 4) is 0 Å². The molecule has 138 valence electrons. The Morgan fingerprint density at radius 2 is 1.67 bits per heavy atom. The average Bonchev–Trinajstić information content (AvgIpc) is 2.70. The Kier molecular flexibility index (Phi) is 5.87. The Morgan fingerprint density at radius 3 is 2.41 bits per heavy atom. The maximum Gasteiger partial charge on any atom is 0.339 e. The number of carbonyl (C=O) groups is 2. The van der Waals surface area contributed by atoms with Crippen molar-refractivity contribution in [2.24, 2.45) is 0 Å². The third kappa shape index (κ3) is 4.53. The summed E-state index contributed by atoms with van der Waals surface area (Å²) in [7, 11) is 0. The predicted molar refractivity (Wildman–Crippen MR) is 107 cm³/mol. The van der Waals surface area contributed by atoms with Gasteiger partial charge in [-0.3, -0.25) is 4.79 Å². The van der Waals surface area contributed by atoms with Crippen molar-refractivity contribution in [2.45, 2.75) is 26.3 Å². The standard InChI is InChI=1S/C23H23NO3/c1-3-21(18-13-11-16(2)12-14-18)24-22(25)15-27-23(26)20-10-6-8-17-7-4-5-9-19(17)20/h4-14,21H,3,15H2,1-2H3,(H,24,25)/t21-/m1/s1. The highest BCUT2D eigenvalue weighted by Crippen LogP contribution is 2.20. The summed E-state index contributed by atoms with van der Waals surface area (Å²) in [6, 6.07) is 21.0. The highest BCUT2D eigenvalue weighted by Gasteiger charge is 2.16. The van der Waals surface area contributed by atoms with E-state index >= 15 is 0 Å². The SMILES string of the molecule is CC[C@@H](NC(=O)COC(=O)c1cccc2ccccc12)c1ccc(C)cc1. The summed E-state index contributed by atoms with van der Waals surface area (Å²) in [6.45, 7) is 3.73. The number of ether oxygens (including phenoxy) is 1. The van der Waals surface area contributed by atoms with Crippen LogP contribution in [0, 0.1) is 6.92 Å². The molecule has 0 aliphatic heterocycles. The van der Waals surface area contributed by atoms with Gasteiger partial charge < -0.3 is 10.1 Å². The first-order valence-corrected chi connectivity index (χ1v) is 9.09. The van der Waals surface area contributed by atoms with E-state index in [2.05, 4.69) is 5.32 Å². The van der Waals surface area contributed by atoms with Crippen LogP contribution in [-0.4, -0.2) is 18.5 Å². The van der Waals surface area contributed by atoms with Gasteiger partial charge in [-0.1, -0.05) is 73.2 Å². The normalized spacial score (nSPS) is 11.8. The number of amides is 1. The minimum Gasteiger partial charge on any atom is -0.452 e. The van der Waals surface area contributed by atoms with Crippen LogP contribution in [0.2, 0.25) is 0 Å². The lowest BCUT2D eigenvalue weighted by Gasteiger charge is -2.17. The summed E-state index contributed by atoms with van der Waals surface area (Å²) in [6.07, 6.45) is 0.756. The van der Waals surface area contributed by atoms with Gasteiger partial charge in [0.15, 0.2) is 6.61 Å². The number of fused-ring (bicyclic) bond motifs is 1. The second-order valence-corrected chi connectivity index (χ2v) is 6.54. The van der Waals surface area contributed by atoms with Gasteiger partial charge in [-0.25, -0.2) is 4.79 Å². The highest BCUT2D eigenvalue weighted by molar-refractivity contribution is 6.04. The van der Waals surface area contributed by atoms with Gasteiger partial charge in [0.25, 0.3) is 5.91 Å². The molecule has 4 heteroatoms. The van der Waals surface area contributed by atoms with Crippen molar-refractivity contribution in [2.75, 3.05) is 6.61 Å². The Labute approximate surface area is 159 Å². The molecule has 0 heterocycles. The molecule has 0 spiro atoms. The number of nitrogens with one attached hydrogen (secondary N) is 1. The third-order valence-corrected chi connectivity index (χ3v) is 4.57. The van der Waals surface area contributed by atoms with E-state index in [-0.39, 0.29) is 18.6 Å². The van der Waals surface area contributed by atoms with Crippen molar-refractivity contribution in [1.29, 1.82) is 0 Å². The molecule has 0 bridgehead atoms. The summed E-state index contributed by atoms with van der Waals surface area (Å²) in [5, 5.41) is 4.71.